The van der Waals surface area contributed by atoms with E-state index < -0.39 is 0 Å². The van der Waals surface area contributed by atoms with Crippen molar-refractivity contribution < 1.29 is 4.79 Å². The number of aryl methyl sites for hydroxylation is 2. The molecule has 2 aromatic rings. The summed E-state index contributed by atoms with van der Waals surface area (Å²) in [6, 6.07) is 3.86. The van der Waals surface area contributed by atoms with Crippen molar-refractivity contribution >= 4 is 5.91 Å². The van der Waals surface area contributed by atoms with Gasteiger partial charge in [-0.05, 0) is 24.1 Å². The Bertz CT molecular complexity index is 521. The molecule has 0 aliphatic carbocycles. The summed E-state index contributed by atoms with van der Waals surface area (Å²) in [4.78, 5) is 19.8. The molecule has 0 aliphatic rings. The zero-order chi connectivity index (χ0) is 13.5. The van der Waals surface area contributed by atoms with Crippen LogP contribution in [0.3, 0.4) is 0 Å². The summed E-state index contributed by atoms with van der Waals surface area (Å²) in [5, 5.41) is 2.91. The van der Waals surface area contributed by atoms with E-state index in [-0.39, 0.29) is 5.91 Å². The molecule has 19 heavy (non-hydrogen) atoms. The third-order valence-corrected chi connectivity index (χ3v) is 2.98. The molecule has 2 heterocycles. The van der Waals surface area contributed by atoms with Crippen LogP contribution in [0, 0.1) is 0 Å². The van der Waals surface area contributed by atoms with Crippen LogP contribution in [0.4, 0.5) is 0 Å². The van der Waals surface area contributed by atoms with E-state index in [9.17, 15) is 4.79 Å². The number of amides is 1. The molecule has 1 amide bonds. The van der Waals surface area contributed by atoms with Gasteiger partial charge in [0.2, 0.25) is 5.91 Å². The lowest BCUT2D eigenvalue weighted by molar-refractivity contribution is -0.121. The average molecular weight is 258 g/mol. The van der Waals surface area contributed by atoms with E-state index in [0.717, 1.165) is 24.2 Å². The second-order valence-corrected chi connectivity index (χ2v) is 4.41. The first-order valence-electron chi connectivity index (χ1n) is 6.37. The average Bonchev–Trinajstić information content (AvgIpc) is 2.83. The van der Waals surface area contributed by atoms with Gasteiger partial charge in [0.05, 0.1) is 0 Å². The number of hydrogen-bond acceptors (Lipinski definition) is 3. The molecule has 0 spiro atoms. The van der Waals surface area contributed by atoms with Crippen LogP contribution in [-0.4, -0.2) is 27.0 Å². The van der Waals surface area contributed by atoms with Crippen molar-refractivity contribution in [2.24, 2.45) is 7.05 Å². The van der Waals surface area contributed by atoms with E-state index in [1.54, 1.807) is 18.6 Å². The summed E-state index contributed by atoms with van der Waals surface area (Å²) < 4.78 is 1.96. The van der Waals surface area contributed by atoms with E-state index in [4.69, 9.17) is 0 Å². The van der Waals surface area contributed by atoms with Crippen LogP contribution in [0.15, 0.2) is 36.9 Å². The van der Waals surface area contributed by atoms with Crippen molar-refractivity contribution in [3.05, 3.63) is 48.3 Å². The van der Waals surface area contributed by atoms with Gasteiger partial charge in [-0.15, -0.1) is 0 Å². The smallest absolute Gasteiger partial charge is 0.220 e. The van der Waals surface area contributed by atoms with Gasteiger partial charge in [0.15, 0.2) is 0 Å². The highest BCUT2D eigenvalue weighted by Crippen LogP contribution is 2.00. The van der Waals surface area contributed by atoms with Crippen LogP contribution >= 0.6 is 0 Å². The van der Waals surface area contributed by atoms with Gasteiger partial charge in [-0.1, -0.05) is 0 Å². The number of nitrogens with zero attached hydrogens (tertiary/aromatic N) is 3. The molecule has 0 aliphatic heterocycles. The highest BCUT2D eigenvalue weighted by atomic mass is 16.1. The standard InChI is InChI=1S/C14H18N4O/c1-18-11-10-16-13(18)6-9-17-14(19)3-2-12-4-7-15-8-5-12/h4-5,7-8,10-11H,2-3,6,9H2,1H3,(H,17,19). The van der Waals surface area contributed by atoms with Gasteiger partial charge in [0, 0.05) is 51.2 Å². The van der Waals surface area contributed by atoms with Crippen molar-refractivity contribution in [2.45, 2.75) is 19.3 Å². The number of nitrogens with one attached hydrogen (secondary N) is 1. The molecule has 5 heteroatoms. The van der Waals surface area contributed by atoms with Crippen LogP contribution in [0.1, 0.15) is 17.8 Å². The van der Waals surface area contributed by atoms with E-state index in [0.29, 0.717) is 13.0 Å². The minimum atomic E-state index is 0.0750. The quantitative estimate of drug-likeness (QED) is 0.844. The fourth-order valence-corrected chi connectivity index (χ4v) is 1.85. The van der Waals surface area contributed by atoms with Gasteiger partial charge in [0.25, 0.3) is 0 Å². The molecule has 0 atom stereocenters. The Labute approximate surface area is 112 Å². The highest BCUT2D eigenvalue weighted by molar-refractivity contribution is 5.76. The molecule has 2 rings (SSSR count). The minimum absolute atomic E-state index is 0.0750. The molecule has 0 saturated heterocycles. The summed E-state index contributed by atoms with van der Waals surface area (Å²) in [7, 11) is 1.95. The third kappa shape index (κ3) is 4.21. The van der Waals surface area contributed by atoms with Gasteiger partial charge >= 0.3 is 0 Å². The topological polar surface area (TPSA) is 59.8 Å². The first kappa shape index (κ1) is 13.3. The first-order valence-corrected chi connectivity index (χ1v) is 6.37. The Kier molecular flexibility index (Phi) is 4.66. The van der Waals surface area contributed by atoms with Crippen LogP contribution in [-0.2, 0) is 24.7 Å². The van der Waals surface area contributed by atoms with Gasteiger partial charge in [-0.25, -0.2) is 4.98 Å². The van der Waals surface area contributed by atoms with Gasteiger partial charge in [0.1, 0.15) is 5.82 Å². The predicted molar refractivity (Wildman–Crippen MR) is 72.5 cm³/mol. The molecule has 5 nitrogen and oxygen atoms in total. The van der Waals surface area contributed by atoms with E-state index in [2.05, 4.69) is 15.3 Å². The Morgan fingerprint density at radius 3 is 2.74 bits per heavy atom. The maximum absolute atomic E-state index is 11.7. The Balaban J connectivity index is 1.66. The van der Waals surface area contributed by atoms with Crippen LogP contribution in [0.5, 0.6) is 0 Å². The lowest BCUT2D eigenvalue weighted by Crippen LogP contribution is -2.26. The number of hydrogen-bond donors (Lipinski definition) is 1. The largest absolute Gasteiger partial charge is 0.356 e. The molecular weight excluding hydrogens is 240 g/mol. The third-order valence-electron chi connectivity index (χ3n) is 2.98. The molecule has 0 saturated carbocycles. The van der Waals surface area contributed by atoms with Gasteiger partial charge < -0.3 is 9.88 Å². The van der Waals surface area contributed by atoms with Crippen molar-refractivity contribution in [1.82, 2.24) is 19.9 Å². The zero-order valence-electron chi connectivity index (χ0n) is 11.0. The zero-order valence-corrected chi connectivity index (χ0v) is 11.0. The van der Waals surface area contributed by atoms with Crippen LogP contribution in [0.25, 0.3) is 0 Å². The second kappa shape index (κ2) is 6.68. The molecule has 0 radical (unpaired) electrons. The maximum atomic E-state index is 11.7. The maximum Gasteiger partial charge on any atom is 0.220 e. The lowest BCUT2D eigenvalue weighted by Gasteiger charge is -2.05. The van der Waals surface area contributed by atoms with E-state index >= 15 is 0 Å². The van der Waals surface area contributed by atoms with E-state index in [1.807, 2.05) is 29.9 Å². The fourth-order valence-electron chi connectivity index (χ4n) is 1.85. The summed E-state index contributed by atoms with van der Waals surface area (Å²) in [6.07, 6.45) is 9.16. The normalized spacial score (nSPS) is 10.4. The number of aromatic nitrogens is 3. The number of carbonyl (C=O) groups is 1. The minimum Gasteiger partial charge on any atom is -0.356 e. The first-order chi connectivity index (χ1) is 9.25. The molecule has 0 bridgehead atoms. The fraction of sp³-hybridized carbons (Fsp3) is 0.357. The number of rotatable bonds is 6. The number of pyridine rings is 1. The van der Waals surface area contributed by atoms with Crippen molar-refractivity contribution in [1.29, 1.82) is 0 Å². The number of carbonyl (C=O) groups excluding carboxylic acids is 1. The molecule has 1 N–H and O–H groups in total. The van der Waals surface area contributed by atoms with Crippen molar-refractivity contribution in [3.63, 3.8) is 0 Å². The monoisotopic (exact) mass is 258 g/mol. The molecule has 0 unspecified atom stereocenters. The van der Waals surface area contributed by atoms with Crippen molar-refractivity contribution in [3.8, 4) is 0 Å². The van der Waals surface area contributed by atoms with Crippen molar-refractivity contribution in [2.75, 3.05) is 6.54 Å². The predicted octanol–water partition coefficient (Wildman–Crippen LogP) is 1.11. The molecule has 2 aromatic heterocycles. The summed E-state index contributed by atoms with van der Waals surface area (Å²) in [5.41, 5.74) is 1.13. The summed E-state index contributed by atoms with van der Waals surface area (Å²) >= 11 is 0. The Morgan fingerprint density at radius 2 is 2.05 bits per heavy atom. The number of imidazole rings is 1. The van der Waals surface area contributed by atoms with Gasteiger partial charge in [-0.3, -0.25) is 9.78 Å². The molecule has 0 aromatic carbocycles. The second-order valence-electron chi connectivity index (χ2n) is 4.41. The SMILES string of the molecule is Cn1ccnc1CCNC(=O)CCc1ccncc1. The van der Waals surface area contributed by atoms with Gasteiger partial charge in [-0.2, -0.15) is 0 Å². The van der Waals surface area contributed by atoms with E-state index in [1.165, 1.54) is 0 Å². The molecule has 100 valence electrons. The molecule has 0 fully saturated rings. The molecular formula is C14H18N4O. The highest BCUT2D eigenvalue weighted by Gasteiger charge is 2.03. The summed E-state index contributed by atoms with van der Waals surface area (Å²) in [6.45, 7) is 0.625. The summed E-state index contributed by atoms with van der Waals surface area (Å²) in [5.74, 6) is 1.06. The van der Waals surface area contributed by atoms with Crippen LogP contribution in [0.2, 0.25) is 0 Å². The van der Waals surface area contributed by atoms with Crippen LogP contribution < -0.4 is 5.32 Å². The lowest BCUT2D eigenvalue weighted by atomic mass is 10.1. The Morgan fingerprint density at radius 1 is 1.26 bits per heavy atom. The Hall–Kier alpha value is -2.17.